The highest BCUT2D eigenvalue weighted by Crippen LogP contribution is 2.29. The van der Waals surface area contributed by atoms with Gasteiger partial charge in [0.05, 0.1) is 18.4 Å². The van der Waals surface area contributed by atoms with Gasteiger partial charge in [-0.1, -0.05) is 30.3 Å². The summed E-state index contributed by atoms with van der Waals surface area (Å²) in [5.74, 6) is -7.07. The average Bonchev–Trinajstić information content (AvgIpc) is 2.86. The van der Waals surface area contributed by atoms with Gasteiger partial charge in [0.15, 0.2) is 0 Å². The van der Waals surface area contributed by atoms with Crippen LogP contribution in [0.4, 0.5) is 8.78 Å². The van der Waals surface area contributed by atoms with Gasteiger partial charge in [0, 0.05) is 13.5 Å². The number of rotatable bonds is 5. The Morgan fingerprint density at radius 3 is 2.55 bits per heavy atom. The van der Waals surface area contributed by atoms with Gasteiger partial charge < -0.3 is 10.6 Å². The minimum Gasteiger partial charge on any atom is -0.355 e. The zero-order valence-corrected chi connectivity index (χ0v) is 11.9. The molecule has 0 saturated carbocycles. The second-order valence-corrected chi connectivity index (χ2v) is 5.36. The summed E-state index contributed by atoms with van der Waals surface area (Å²) in [5.41, 5.74) is 0.615. The number of hydrogen-bond acceptors (Lipinski definition) is 3. The number of alkyl halides is 2. The van der Waals surface area contributed by atoms with E-state index in [-0.39, 0.29) is 12.5 Å². The summed E-state index contributed by atoms with van der Waals surface area (Å²) in [6.45, 7) is -0.250. The van der Waals surface area contributed by atoms with Crippen LogP contribution < -0.4 is 10.6 Å². The molecule has 1 fully saturated rings. The lowest BCUT2D eigenvalue weighted by Gasteiger charge is -2.16. The van der Waals surface area contributed by atoms with Crippen LogP contribution in [0.3, 0.4) is 0 Å². The van der Waals surface area contributed by atoms with Crippen LogP contribution in [-0.2, 0) is 14.4 Å². The smallest absolute Gasteiger partial charge is 0.287 e. The van der Waals surface area contributed by atoms with Gasteiger partial charge in [-0.25, -0.2) is 8.78 Å². The first kappa shape index (κ1) is 16.1. The van der Waals surface area contributed by atoms with Crippen LogP contribution in [0.25, 0.3) is 0 Å². The van der Waals surface area contributed by atoms with Gasteiger partial charge in [0.25, 0.3) is 11.8 Å². The molecule has 5 nitrogen and oxygen atoms in total. The van der Waals surface area contributed by atoms with Crippen molar-refractivity contribution < 1.29 is 23.2 Å². The molecule has 1 saturated heterocycles. The molecule has 0 radical (unpaired) electrons. The molecule has 1 aliphatic heterocycles. The summed E-state index contributed by atoms with van der Waals surface area (Å²) < 4.78 is 25.5. The molecule has 1 aliphatic rings. The molecule has 1 heterocycles. The summed E-state index contributed by atoms with van der Waals surface area (Å²) in [6, 6.07) is 8.59. The highest BCUT2D eigenvalue weighted by molar-refractivity contribution is 6.38. The molecule has 2 rings (SSSR count). The predicted molar refractivity (Wildman–Crippen MR) is 74.3 cm³/mol. The fourth-order valence-corrected chi connectivity index (χ4v) is 2.40. The average molecular weight is 310 g/mol. The first-order chi connectivity index (χ1) is 10.3. The fourth-order valence-electron chi connectivity index (χ4n) is 2.40. The van der Waals surface area contributed by atoms with Crippen molar-refractivity contribution in [3.8, 4) is 0 Å². The molecule has 0 bridgehead atoms. The Balaban J connectivity index is 2.11. The molecule has 0 aliphatic carbocycles. The normalized spacial score (nSPS) is 21.3. The highest BCUT2D eigenvalue weighted by Gasteiger charge is 2.42. The zero-order chi connectivity index (χ0) is 16.3. The summed E-state index contributed by atoms with van der Waals surface area (Å²) in [6.07, 6.45) is 0. The maximum Gasteiger partial charge on any atom is 0.287 e. The lowest BCUT2D eigenvalue weighted by atomic mass is 9.85. The largest absolute Gasteiger partial charge is 0.355 e. The number of halogens is 2. The van der Waals surface area contributed by atoms with E-state index >= 15 is 0 Å². The molecular formula is C15H16F2N2O3. The molecule has 7 heteroatoms. The van der Waals surface area contributed by atoms with Gasteiger partial charge >= 0.3 is 0 Å². The Hall–Kier alpha value is -2.31. The van der Waals surface area contributed by atoms with Crippen molar-refractivity contribution >= 4 is 17.6 Å². The van der Waals surface area contributed by atoms with Gasteiger partial charge in [-0.15, -0.1) is 0 Å². The van der Waals surface area contributed by atoms with Crippen molar-refractivity contribution in [3.05, 3.63) is 35.9 Å². The maximum absolute atomic E-state index is 12.7. The van der Waals surface area contributed by atoms with Gasteiger partial charge in [-0.2, -0.15) is 0 Å². The van der Waals surface area contributed by atoms with E-state index in [1.54, 1.807) is 30.3 Å². The minimum absolute atomic E-state index is 0.0210. The van der Waals surface area contributed by atoms with E-state index in [2.05, 4.69) is 5.32 Å². The van der Waals surface area contributed by atoms with E-state index in [0.717, 1.165) is 0 Å². The molecule has 2 N–H and O–H groups in total. The quantitative estimate of drug-likeness (QED) is 0.792. The molecule has 1 aromatic rings. The Morgan fingerprint density at radius 2 is 1.95 bits per heavy atom. The van der Waals surface area contributed by atoms with E-state index in [0.29, 0.717) is 12.5 Å². The zero-order valence-electron chi connectivity index (χ0n) is 11.9. The lowest BCUT2D eigenvalue weighted by molar-refractivity contribution is -0.141. The molecule has 118 valence electrons. The van der Waals surface area contributed by atoms with Crippen LogP contribution >= 0.6 is 0 Å². The first-order valence-corrected chi connectivity index (χ1v) is 6.82. The van der Waals surface area contributed by atoms with Crippen molar-refractivity contribution in [2.75, 3.05) is 13.1 Å². The third kappa shape index (κ3) is 3.66. The van der Waals surface area contributed by atoms with E-state index in [4.69, 9.17) is 0 Å². The van der Waals surface area contributed by atoms with Gasteiger partial charge in [-0.3, -0.25) is 14.4 Å². The summed E-state index contributed by atoms with van der Waals surface area (Å²) in [5, 5.41) is 4.45. The van der Waals surface area contributed by atoms with Crippen LogP contribution in [0.15, 0.2) is 30.3 Å². The Morgan fingerprint density at radius 1 is 1.32 bits per heavy atom. The number of amides is 2. The van der Waals surface area contributed by atoms with Crippen molar-refractivity contribution in [1.29, 1.82) is 0 Å². The number of carbonyl (C=O) groups excluding carboxylic acids is 3. The Bertz CT molecular complexity index is 584. The molecule has 22 heavy (non-hydrogen) atoms. The van der Waals surface area contributed by atoms with E-state index in [1.165, 1.54) is 0 Å². The number of benzene rings is 1. The number of Topliss-reactive ketones (excluding diaryl/α,β-unsaturated/α-hetero) is 1. The third-order valence-corrected chi connectivity index (χ3v) is 3.46. The van der Waals surface area contributed by atoms with Gasteiger partial charge in [0.2, 0.25) is 11.7 Å². The van der Waals surface area contributed by atoms with Crippen molar-refractivity contribution in [2.45, 2.75) is 18.8 Å². The molecule has 2 atom stereocenters. The molecule has 2 amide bonds. The summed E-state index contributed by atoms with van der Waals surface area (Å²) in [7, 11) is 0. The maximum atomic E-state index is 12.7. The third-order valence-electron chi connectivity index (χ3n) is 3.46. The van der Waals surface area contributed by atoms with Crippen LogP contribution in [0.2, 0.25) is 0 Å². The fraction of sp³-hybridized carbons (Fsp3) is 0.400. The number of ketones is 1. The lowest BCUT2D eigenvalue weighted by Crippen LogP contribution is -2.42. The molecule has 0 spiro atoms. The minimum atomic E-state index is -3.10. The van der Waals surface area contributed by atoms with E-state index < -0.39 is 36.0 Å². The Labute approximate surface area is 126 Å². The van der Waals surface area contributed by atoms with Gasteiger partial charge in [0.1, 0.15) is 0 Å². The molecule has 0 aromatic heterocycles. The molecular weight excluding hydrogens is 294 g/mol. The monoisotopic (exact) mass is 310 g/mol. The second-order valence-electron chi connectivity index (χ2n) is 5.36. The predicted octanol–water partition coefficient (Wildman–Crippen LogP) is 0.857. The number of hydrogen-bond donors (Lipinski definition) is 2. The van der Waals surface area contributed by atoms with Crippen LogP contribution in [0, 0.1) is 5.92 Å². The van der Waals surface area contributed by atoms with Crippen molar-refractivity contribution in [1.82, 2.24) is 10.6 Å². The van der Waals surface area contributed by atoms with E-state index in [1.807, 2.05) is 5.32 Å². The molecule has 0 unspecified atom stereocenters. The van der Waals surface area contributed by atoms with Gasteiger partial charge in [-0.05, 0) is 5.56 Å². The topological polar surface area (TPSA) is 75.3 Å². The second kappa shape index (κ2) is 6.21. The highest BCUT2D eigenvalue weighted by atomic mass is 19.3. The first-order valence-electron chi connectivity index (χ1n) is 6.82. The van der Waals surface area contributed by atoms with E-state index in [9.17, 15) is 23.2 Å². The van der Waals surface area contributed by atoms with Crippen LogP contribution in [0.1, 0.15) is 18.4 Å². The summed E-state index contributed by atoms with van der Waals surface area (Å²) in [4.78, 5) is 35.8. The van der Waals surface area contributed by atoms with Crippen LogP contribution in [-0.4, -0.2) is 36.6 Å². The summed E-state index contributed by atoms with van der Waals surface area (Å²) >= 11 is 0. The SMILES string of the molecule is CC(F)(F)CNC(=O)C(=O)[C@H]1CNC(=O)[C@@H]1c1ccccc1. The van der Waals surface area contributed by atoms with Crippen LogP contribution in [0.5, 0.6) is 0 Å². The van der Waals surface area contributed by atoms with Crippen molar-refractivity contribution in [3.63, 3.8) is 0 Å². The molecule has 1 aromatic carbocycles. The Kier molecular flexibility index (Phi) is 4.54. The standard InChI is InChI=1S/C15H16F2N2O3/c1-15(16,17)8-19-14(22)12(20)10-7-18-13(21)11(10)9-5-3-2-4-6-9/h2-6,10-11H,7-8H2,1H3,(H,18,21)(H,19,22)/t10-,11+/m0/s1. The number of nitrogens with one attached hydrogen (secondary N) is 2. The van der Waals surface area contributed by atoms with Crippen molar-refractivity contribution in [2.24, 2.45) is 5.92 Å². The number of carbonyl (C=O) groups is 3.